The quantitative estimate of drug-likeness (QED) is 0.642. The number of alkyl halides is 3. The molecule has 0 amide bonds. The first-order valence-corrected chi connectivity index (χ1v) is 9.73. The average molecular weight is 402 g/mol. The Hall–Kier alpha value is -2.77. The summed E-state index contributed by atoms with van der Waals surface area (Å²) in [7, 11) is 0. The predicted octanol–water partition coefficient (Wildman–Crippen LogP) is 4.61. The highest BCUT2D eigenvalue weighted by Crippen LogP contribution is 2.33. The van der Waals surface area contributed by atoms with Gasteiger partial charge >= 0.3 is 6.18 Å². The van der Waals surface area contributed by atoms with Gasteiger partial charge in [-0.2, -0.15) is 13.2 Å². The Bertz CT molecular complexity index is 1100. The van der Waals surface area contributed by atoms with Gasteiger partial charge in [0.1, 0.15) is 5.52 Å². The van der Waals surface area contributed by atoms with Crippen LogP contribution in [-0.4, -0.2) is 19.5 Å². The van der Waals surface area contributed by atoms with E-state index in [1.54, 1.807) is 13.0 Å². The zero-order valence-corrected chi connectivity index (χ0v) is 16.0. The van der Waals surface area contributed by atoms with Crippen LogP contribution < -0.4 is 5.56 Å². The molecule has 8 heteroatoms. The maximum absolute atomic E-state index is 13.4. The summed E-state index contributed by atoms with van der Waals surface area (Å²) in [5, 5.41) is 0. The summed E-state index contributed by atoms with van der Waals surface area (Å²) < 4.78 is 41.6. The highest BCUT2D eigenvalue weighted by molar-refractivity contribution is 5.71. The molecule has 1 aliphatic rings. The molecule has 3 aromatic rings. The fourth-order valence-electron chi connectivity index (χ4n) is 4.08. The van der Waals surface area contributed by atoms with Crippen molar-refractivity contribution in [3.05, 3.63) is 63.5 Å². The minimum Gasteiger partial charge on any atom is -0.285 e. The van der Waals surface area contributed by atoms with Gasteiger partial charge < -0.3 is 0 Å². The predicted molar refractivity (Wildman–Crippen MR) is 103 cm³/mol. The molecule has 152 valence electrons. The first kappa shape index (κ1) is 19.5. The van der Waals surface area contributed by atoms with Gasteiger partial charge in [0.2, 0.25) is 0 Å². The van der Waals surface area contributed by atoms with E-state index in [1.807, 2.05) is 0 Å². The second-order valence-corrected chi connectivity index (χ2v) is 7.54. The molecule has 0 spiro atoms. The zero-order valence-electron chi connectivity index (χ0n) is 16.0. The third kappa shape index (κ3) is 3.88. The van der Waals surface area contributed by atoms with Crippen LogP contribution in [0.4, 0.5) is 13.2 Å². The lowest BCUT2D eigenvalue weighted by Gasteiger charge is -2.23. The Morgan fingerprint density at radius 3 is 2.66 bits per heavy atom. The van der Waals surface area contributed by atoms with Gasteiger partial charge in [-0.3, -0.25) is 14.3 Å². The van der Waals surface area contributed by atoms with Crippen molar-refractivity contribution < 1.29 is 13.2 Å². The Morgan fingerprint density at radius 1 is 1.17 bits per heavy atom. The van der Waals surface area contributed by atoms with Crippen molar-refractivity contribution >= 4 is 11.2 Å². The van der Waals surface area contributed by atoms with E-state index in [9.17, 15) is 18.0 Å². The number of hydrogen-bond donors (Lipinski definition) is 0. The van der Waals surface area contributed by atoms with Crippen LogP contribution in [0.15, 0.2) is 35.4 Å². The largest absolute Gasteiger partial charge is 0.418 e. The van der Waals surface area contributed by atoms with Gasteiger partial charge in [0.25, 0.3) is 5.56 Å². The van der Waals surface area contributed by atoms with E-state index in [-0.39, 0.29) is 29.4 Å². The van der Waals surface area contributed by atoms with Gasteiger partial charge in [0, 0.05) is 11.8 Å². The van der Waals surface area contributed by atoms with Gasteiger partial charge in [-0.25, -0.2) is 9.97 Å². The maximum atomic E-state index is 13.4. The van der Waals surface area contributed by atoms with Crippen LogP contribution in [0.25, 0.3) is 11.2 Å². The fraction of sp³-hybridized carbons (Fsp3) is 0.429. The molecule has 3 heterocycles. The number of pyridine rings is 2. The molecule has 0 bridgehead atoms. The summed E-state index contributed by atoms with van der Waals surface area (Å²) in [6.45, 7) is 1.49. The number of nitrogens with zero attached hydrogens (tertiary/aromatic N) is 4. The zero-order chi connectivity index (χ0) is 20.6. The van der Waals surface area contributed by atoms with Gasteiger partial charge in [0.15, 0.2) is 5.65 Å². The van der Waals surface area contributed by atoms with Crippen LogP contribution in [0.3, 0.4) is 0 Å². The Labute approximate surface area is 165 Å². The third-order valence-corrected chi connectivity index (χ3v) is 5.49. The lowest BCUT2D eigenvalue weighted by molar-refractivity contribution is -0.138. The van der Waals surface area contributed by atoms with E-state index in [0.29, 0.717) is 16.8 Å². The van der Waals surface area contributed by atoms with Crippen LogP contribution in [-0.2, 0) is 12.7 Å². The molecule has 5 nitrogen and oxygen atoms in total. The number of aryl methyl sites for hydroxylation is 1. The monoisotopic (exact) mass is 402 g/mol. The smallest absolute Gasteiger partial charge is 0.285 e. The molecule has 3 aromatic heterocycles. The molecule has 0 aliphatic heterocycles. The Kier molecular flexibility index (Phi) is 5.10. The number of halogens is 3. The molecule has 1 aliphatic carbocycles. The van der Waals surface area contributed by atoms with Crippen LogP contribution >= 0.6 is 0 Å². The van der Waals surface area contributed by atoms with Crippen LogP contribution in [0.1, 0.15) is 60.5 Å². The number of hydrogen-bond acceptors (Lipinski definition) is 4. The summed E-state index contributed by atoms with van der Waals surface area (Å²) in [5.74, 6) is 0.0973. The summed E-state index contributed by atoms with van der Waals surface area (Å²) >= 11 is 0. The lowest BCUT2D eigenvalue weighted by atomic mass is 9.84. The van der Waals surface area contributed by atoms with Crippen molar-refractivity contribution in [2.75, 3.05) is 0 Å². The third-order valence-electron chi connectivity index (χ3n) is 5.49. The molecule has 0 radical (unpaired) electrons. The SMILES string of the molecule is Cc1cnc2c(cc(C3CCCCC3)c(=O)n2Cc2ncccc2C(F)(F)F)n1. The molecule has 0 atom stereocenters. The summed E-state index contributed by atoms with van der Waals surface area (Å²) in [6.07, 6.45) is 3.29. The van der Waals surface area contributed by atoms with Crippen molar-refractivity contribution in [3.8, 4) is 0 Å². The topological polar surface area (TPSA) is 60.7 Å². The highest BCUT2D eigenvalue weighted by Gasteiger charge is 2.34. The van der Waals surface area contributed by atoms with Gasteiger partial charge in [-0.05, 0) is 43.9 Å². The fourth-order valence-corrected chi connectivity index (χ4v) is 4.08. The van der Waals surface area contributed by atoms with E-state index in [2.05, 4.69) is 15.0 Å². The van der Waals surface area contributed by atoms with Gasteiger partial charge in [0.05, 0.1) is 29.7 Å². The minimum absolute atomic E-state index is 0.0973. The first-order chi connectivity index (χ1) is 13.8. The Balaban J connectivity index is 1.90. The van der Waals surface area contributed by atoms with Crippen LogP contribution in [0, 0.1) is 6.92 Å². The molecule has 1 saturated carbocycles. The molecule has 0 N–H and O–H groups in total. The first-order valence-electron chi connectivity index (χ1n) is 9.73. The normalized spacial score (nSPS) is 15.7. The number of rotatable bonds is 3. The highest BCUT2D eigenvalue weighted by atomic mass is 19.4. The number of fused-ring (bicyclic) bond motifs is 1. The molecule has 29 heavy (non-hydrogen) atoms. The molecule has 0 unspecified atom stereocenters. The van der Waals surface area contributed by atoms with E-state index in [1.165, 1.54) is 23.0 Å². The standard InChI is InChI=1S/C21H21F3N4O/c1-13-11-26-19-17(27-13)10-15(14-6-3-2-4-7-14)20(29)28(19)12-18-16(21(22,23)24)8-5-9-25-18/h5,8-11,14H,2-4,6-7,12H2,1H3. The van der Waals surface area contributed by atoms with Crippen LogP contribution in [0.5, 0.6) is 0 Å². The molecular formula is C21H21F3N4O. The van der Waals surface area contributed by atoms with Crippen molar-refractivity contribution in [1.29, 1.82) is 0 Å². The second kappa shape index (κ2) is 7.57. The summed E-state index contributed by atoms with van der Waals surface area (Å²) in [6, 6.07) is 4.00. The average Bonchev–Trinajstić information content (AvgIpc) is 2.70. The maximum Gasteiger partial charge on any atom is 0.418 e. The van der Waals surface area contributed by atoms with Crippen molar-refractivity contribution in [1.82, 2.24) is 19.5 Å². The van der Waals surface area contributed by atoms with Crippen molar-refractivity contribution in [2.45, 2.75) is 57.7 Å². The van der Waals surface area contributed by atoms with E-state index in [4.69, 9.17) is 0 Å². The Morgan fingerprint density at radius 2 is 1.93 bits per heavy atom. The van der Waals surface area contributed by atoms with Gasteiger partial charge in [-0.1, -0.05) is 19.3 Å². The molecule has 0 aromatic carbocycles. The second-order valence-electron chi connectivity index (χ2n) is 7.54. The minimum atomic E-state index is -4.55. The summed E-state index contributed by atoms with van der Waals surface area (Å²) in [4.78, 5) is 26.0. The number of aromatic nitrogens is 4. The summed E-state index contributed by atoms with van der Waals surface area (Å²) in [5.41, 5.74) is 0.748. The molecule has 4 rings (SSSR count). The lowest BCUT2D eigenvalue weighted by Crippen LogP contribution is -2.29. The van der Waals surface area contributed by atoms with Crippen molar-refractivity contribution in [3.63, 3.8) is 0 Å². The molecule has 0 saturated heterocycles. The van der Waals surface area contributed by atoms with Crippen molar-refractivity contribution in [2.24, 2.45) is 0 Å². The van der Waals surface area contributed by atoms with E-state index < -0.39 is 11.7 Å². The van der Waals surface area contributed by atoms with E-state index in [0.717, 1.165) is 38.2 Å². The van der Waals surface area contributed by atoms with Gasteiger partial charge in [-0.15, -0.1) is 0 Å². The molecular weight excluding hydrogens is 381 g/mol. The molecule has 1 fully saturated rings. The van der Waals surface area contributed by atoms with E-state index >= 15 is 0 Å². The van der Waals surface area contributed by atoms with Crippen LogP contribution in [0.2, 0.25) is 0 Å².